The summed E-state index contributed by atoms with van der Waals surface area (Å²) in [5.41, 5.74) is 2.60. The molecule has 1 N–H and O–H groups in total. The van der Waals surface area contributed by atoms with Crippen LogP contribution >= 0.6 is 0 Å². The van der Waals surface area contributed by atoms with Gasteiger partial charge in [0.1, 0.15) is 5.69 Å². The molecule has 2 heterocycles. The molecule has 0 unspecified atom stereocenters. The van der Waals surface area contributed by atoms with Crippen LogP contribution < -0.4 is 5.32 Å². The van der Waals surface area contributed by atoms with Crippen molar-refractivity contribution < 1.29 is 9.59 Å². The normalized spacial score (nSPS) is 18.6. The molecule has 1 aliphatic heterocycles. The second kappa shape index (κ2) is 7.29. The van der Waals surface area contributed by atoms with Crippen molar-refractivity contribution in [2.24, 2.45) is 0 Å². The first-order chi connectivity index (χ1) is 13.1. The number of hydrogen-bond donors (Lipinski definition) is 1. The smallest absolute Gasteiger partial charge is 0.273 e. The lowest BCUT2D eigenvalue weighted by molar-refractivity contribution is 0.0655. The fourth-order valence-corrected chi connectivity index (χ4v) is 4.31. The molecule has 1 atom stereocenters. The molecule has 1 aromatic carbocycles. The van der Waals surface area contributed by atoms with Gasteiger partial charge in [-0.2, -0.15) is 0 Å². The fourth-order valence-electron chi connectivity index (χ4n) is 4.31. The maximum atomic E-state index is 13.1. The zero-order valence-electron chi connectivity index (χ0n) is 16.1. The number of pyridine rings is 1. The van der Waals surface area contributed by atoms with Gasteiger partial charge in [0.25, 0.3) is 11.8 Å². The van der Waals surface area contributed by atoms with Crippen LogP contribution in [0.2, 0.25) is 0 Å². The third-order valence-corrected chi connectivity index (χ3v) is 6.02. The number of nitrogens with one attached hydrogen (secondary N) is 1. The average molecular weight is 365 g/mol. The second-order valence-corrected chi connectivity index (χ2v) is 7.84. The molecule has 2 aliphatic rings. The van der Waals surface area contributed by atoms with Crippen LogP contribution in [-0.4, -0.2) is 33.8 Å². The van der Waals surface area contributed by atoms with Crippen molar-refractivity contribution >= 4 is 22.7 Å². The van der Waals surface area contributed by atoms with Crippen molar-refractivity contribution in [3.05, 3.63) is 41.1 Å². The van der Waals surface area contributed by atoms with Gasteiger partial charge < -0.3 is 10.2 Å². The van der Waals surface area contributed by atoms with Gasteiger partial charge in [-0.25, -0.2) is 4.98 Å². The van der Waals surface area contributed by atoms with Crippen LogP contribution in [0.1, 0.15) is 78.8 Å². The van der Waals surface area contributed by atoms with E-state index in [2.05, 4.69) is 10.3 Å². The summed E-state index contributed by atoms with van der Waals surface area (Å²) in [5, 5.41) is 3.91. The first-order valence-corrected chi connectivity index (χ1v) is 10.1. The summed E-state index contributed by atoms with van der Waals surface area (Å²) in [7, 11) is 0. The molecule has 2 amide bonds. The Bertz CT molecular complexity index is 887. The molecular formula is C22H27N3O2. The van der Waals surface area contributed by atoms with E-state index in [1.807, 2.05) is 43.0 Å². The van der Waals surface area contributed by atoms with Crippen LogP contribution in [0.4, 0.5) is 0 Å². The van der Waals surface area contributed by atoms with E-state index in [0.29, 0.717) is 23.3 Å². The minimum Gasteiger partial charge on any atom is -0.350 e. The molecule has 1 saturated carbocycles. The highest BCUT2D eigenvalue weighted by atomic mass is 16.2. The first kappa shape index (κ1) is 18.0. The molecule has 2 aromatic rings. The Hall–Kier alpha value is -2.43. The van der Waals surface area contributed by atoms with Crippen molar-refractivity contribution in [2.45, 2.75) is 71.0 Å². The molecule has 5 nitrogen and oxygen atoms in total. The number of para-hydroxylation sites is 1. The predicted molar refractivity (Wildman–Crippen MR) is 106 cm³/mol. The largest absolute Gasteiger partial charge is 0.350 e. The quantitative estimate of drug-likeness (QED) is 0.889. The summed E-state index contributed by atoms with van der Waals surface area (Å²) in [6, 6.07) is 8.00. The van der Waals surface area contributed by atoms with Crippen LogP contribution in [0.15, 0.2) is 24.3 Å². The summed E-state index contributed by atoms with van der Waals surface area (Å²) >= 11 is 0. The van der Waals surface area contributed by atoms with E-state index in [-0.39, 0.29) is 23.9 Å². The molecule has 0 radical (unpaired) electrons. The van der Waals surface area contributed by atoms with E-state index in [1.54, 1.807) is 0 Å². The van der Waals surface area contributed by atoms with Gasteiger partial charge in [-0.3, -0.25) is 9.59 Å². The van der Waals surface area contributed by atoms with E-state index >= 15 is 0 Å². The number of aromatic nitrogens is 1. The Morgan fingerprint density at radius 3 is 2.74 bits per heavy atom. The molecule has 4 rings (SSSR count). The van der Waals surface area contributed by atoms with Crippen LogP contribution in [0.25, 0.3) is 10.9 Å². The predicted octanol–water partition coefficient (Wildman–Crippen LogP) is 4.05. The van der Waals surface area contributed by atoms with Gasteiger partial charge in [-0.05, 0) is 32.3 Å². The van der Waals surface area contributed by atoms with Gasteiger partial charge in [-0.15, -0.1) is 0 Å². The average Bonchev–Trinajstić information content (AvgIpc) is 3.02. The number of fused-ring (bicyclic) bond motifs is 2. The zero-order valence-corrected chi connectivity index (χ0v) is 16.1. The molecule has 5 heteroatoms. The monoisotopic (exact) mass is 365 g/mol. The highest BCUT2D eigenvalue weighted by Crippen LogP contribution is 2.34. The minimum atomic E-state index is -0.0995. The van der Waals surface area contributed by atoms with E-state index < -0.39 is 0 Å². The third-order valence-electron chi connectivity index (χ3n) is 6.02. The van der Waals surface area contributed by atoms with E-state index in [4.69, 9.17) is 0 Å². The summed E-state index contributed by atoms with van der Waals surface area (Å²) in [5.74, 6) is -0.113. The molecule has 0 bridgehead atoms. The molecule has 1 fully saturated rings. The highest BCUT2D eigenvalue weighted by molar-refractivity contribution is 6.11. The van der Waals surface area contributed by atoms with Crippen molar-refractivity contribution in [1.82, 2.24) is 15.2 Å². The van der Waals surface area contributed by atoms with Gasteiger partial charge in [-0.1, -0.05) is 44.4 Å². The number of benzene rings is 1. The lowest BCUT2D eigenvalue weighted by Gasteiger charge is -2.30. The third kappa shape index (κ3) is 3.20. The van der Waals surface area contributed by atoms with Crippen LogP contribution in [0, 0.1) is 0 Å². The van der Waals surface area contributed by atoms with E-state index in [9.17, 15) is 9.59 Å². The molecule has 142 valence electrons. The van der Waals surface area contributed by atoms with Crippen molar-refractivity contribution in [3.63, 3.8) is 0 Å². The molecular weight excluding hydrogens is 338 g/mol. The molecule has 0 spiro atoms. The topological polar surface area (TPSA) is 62.3 Å². The van der Waals surface area contributed by atoms with Gasteiger partial charge >= 0.3 is 0 Å². The lowest BCUT2D eigenvalue weighted by Crippen LogP contribution is -2.37. The number of hydrogen-bond acceptors (Lipinski definition) is 3. The maximum absolute atomic E-state index is 13.1. The second-order valence-electron chi connectivity index (χ2n) is 7.84. The number of carbonyl (C=O) groups excluding carboxylic acids is 2. The number of nitrogens with zero attached hydrogens (tertiary/aromatic N) is 2. The van der Waals surface area contributed by atoms with E-state index in [0.717, 1.165) is 30.2 Å². The summed E-state index contributed by atoms with van der Waals surface area (Å²) in [6.07, 6.45) is 6.55. The standard InChI is InChI=1S/C22H27N3O2/c1-3-14(2)23-21(26)19-16-11-7-8-12-18(16)24-20-17(19)13-25(22(20)27)15-9-5-4-6-10-15/h7-8,11-12,14-15H,3-6,9-10,13H2,1-2H3,(H,23,26)/t14-/m1/s1. The van der Waals surface area contributed by atoms with Gasteiger partial charge in [0, 0.05) is 29.6 Å². The van der Waals surface area contributed by atoms with E-state index in [1.165, 1.54) is 19.3 Å². The number of carbonyl (C=O) groups is 2. The van der Waals surface area contributed by atoms with Gasteiger partial charge in [0.2, 0.25) is 0 Å². The SMILES string of the molecule is CC[C@@H](C)NC(=O)c1c2c(nc3ccccc13)C(=O)N(C1CCCCC1)C2. The summed E-state index contributed by atoms with van der Waals surface area (Å²) in [4.78, 5) is 32.8. The number of rotatable bonds is 4. The maximum Gasteiger partial charge on any atom is 0.273 e. The first-order valence-electron chi connectivity index (χ1n) is 10.1. The van der Waals surface area contributed by atoms with Crippen molar-refractivity contribution in [3.8, 4) is 0 Å². The van der Waals surface area contributed by atoms with Crippen LogP contribution in [0.5, 0.6) is 0 Å². The number of amides is 2. The lowest BCUT2D eigenvalue weighted by atomic mass is 9.94. The summed E-state index contributed by atoms with van der Waals surface area (Å²) in [6.45, 7) is 4.55. The van der Waals surface area contributed by atoms with Crippen molar-refractivity contribution in [1.29, 1.82) is 0 Å². The molecule has 0 saturated heterocycles. The molecule has 1 aromatic heterocycles. The Balaban J connectivity index is 1.79. The highest BCUT2D eigenvalue weighted by Gasteiger charge is 2.38. The van der Waals surface area contributed by atoms with Gasteiger partial charge in [0.05, 0.1) is 11.1 Å². The Kier molecular flexibility index (Phi) is 4.85. The Morgan fingerprint density at radius 2 is 2.00 bits per heavy atom. The Labute approximate surface area is 160 Å². The minimum absolute atomic E-state index is 0.0137. The molecule has 27 heavy (non-hydrogen) atoms. The summed E-state index contributed by atoms with van der Waals surface area (Å²) < 4.78 is 0. The van der Waals surface area contributed by atoms with Crippen molar-refractivity contribution in [2.75, 3.05) is 0 Å². The van der Waals surface area contributed by atoms with Crippen LogP contribution in [-0.2, 0) is 6.54 Å². The van der Waals surface area contributed by atoms with Gasteiger partial charge in [0.15, 0.2) is 0 Å². The zero-order chi connectivity index (χ0) is 19.0. The fraction of sp³-hybridized carbons (Fsp3) is 0.500. The van der Waals surface area contributed by atoms with Crippen LogP contribution in [0.3, 0.4) is 0 Å². The molecule has 1 aliphatic carbocycles. The Morgan fingerprint density at radius 1 is 1.26 bits per heavy atom.